The zero-order chi connectivity index (χ0) is 11.7. The molecule has 1 fully saturated rings. The molecule has 0 aliphatic carbocycles. The van der Waals surface area contributed by atoms with Gasteiger partial charge in [0.1, 0.15) is 12.0 Å². The van der Waals surface area contributed by atoms with Gasteiger partial charge >= 0.3 is 0 Å². The van der Waals surface area contributed by atoms with Crippen molar-refractivity contribution in [2.75, 3.05) is 18.4 Å². The van der Waals surface area contributed by atoms with Crippen molar-refractivity contribution in [1.29, 1.82) is 0 Å². The Kier molecular flexibility index (Phi) is 3.06. The SMILES string of the molecule is Cc1c([N+](=O)[O-])cnc(NC2CNC2)c1Br. The lowest BCUT2D eigenvalue weighted by molar-refractivity contribution is -0.385. The van der Waals surface area contributed by atoms with Crippen LogP contribution in [-0.4, -0.2) is 29.0 Å². The lowest BCUT2D eigenvalue weighted by Gasteiger charge is -2.28. The van der Waals surface area contributed by atoms with Gasteiger partial charge in [0, 0.05) is 18.7 Å². The summed E-state index contributed by atoms with van der Waals surface area (Å²) in [6.07, 6.45) is 1.29. The molecule has 6 nitrogen and oxygen atoms in total. The van der Waals surface area contributed by atoms with Gasteiger partial charge in [-0.05, 0) is 22.9 Å². The molecule has 2 rings (SSSR count). The number of rotatable bonds is 3. The molecule has 1 aliphatic heterocycles. The van der Waals surface area contributed by atoms with Gasteiger partial charge in [-0.2, -0.15) is 0 Å². The molecule has 16 heavy (non-hydrogen) atoms. The molecule has 1 saturated heterocycles. The molecule has 0 amide bonds. The van der Waals surface area contributed by atoms with Crippen LogP contribution in [0.3, 0.4) is 0 Å². The lowest BCUT2D eigenvalue weighted by atomic mass is 10.2. The molecule has 0 unspecified atom stereocenters. The number of pyridine rings is 1. The van der Waals surface area contributed by atoms with E-state index in [1.165, 1.54) is 6.20 Å². The second-order valence-corrected chi connectivity index (χ2v) is 4.48. The Hall–Kier alpha value is -1.21. The van der Waals surface area contributed by atoms with E-state index in [4.69, 9.17) is 0 Å². The van der Waals surface area contributed by atoms with E-state index in [9.17, 15) is 10.1 Å². The number of hydrogen-bond acceptors (Lipinski definition) is 5. The maximum absolute atomic E-state index is 10.7. The predicted molar refractivity (Wildman–Crippen MR) is 63.6 cm³/mol. The van der Waals surface area contributed by atoms with Crippen LogP contribution in [0.4, 0.5) is 11.5 Å². The van der Waals surface area contributed by atoms with Crippen molar-refractivity contribution in [1.82, 2.24) is 10.3 Å². The first kappa shape index (κ1) is 11.3. The molecule has 0 bridgehead atoms. The average molecular weight is 287 g/mol. The van der Waals surface area contributed by atoms with Crippen LogP contribution in [-0.2, 0) is 0 Å². The third-order valence-electron chi connectivity index (χ3n) is 2.56. The summed E-state index contributed by atoms with van der Waals surface area (Å²) < 4.78 is 0.661. The number of nitrogens with one attached hydrogen (secondary N) is 2. The molecule has 0 aromatic carbocycles. The van der Waals surface area contributed by atoms with Gasteiger partial charge in [0.2, 0.25) is 0 Å². The number of halogens is 1. The molecular weight excluding hydrogens is 276 g/mol. The van der Waals surface area contributed by atoms with Crippen LogP contribution >= 0.6 is 15.9 Å². The standard InChI is InChI=1S/C9H11BrN4O2/c1-5-7(14(15)16)4-12-9(8(5)10)13-6-2-11-3-6/h4,6,11H,2-3H2,1H3,(H,12,13). The number of hydrogen-bond donors (Lipinski definition) is 2. The Morgan fingerprint density at radius 1 is 1.69 bits per heavy atom. The predicted octanol–water partition coefficient (Wildman–Crippen LogP) is 1.44. The van der Waals surface area contributed by atoms with Crippen molar-refractivity contribution >= 4 is 27.4 Å². The smallest absolute Gasteiger partial charge is 0.291 e. The normalized spacial score (nSPS) is 15.6. The van der Waals surface area contributed by atoms with Gasteiger partial charge in [-0.3, -0.25) is 10.1 Å². The second kappa shape index (κ2) is 4.34. The highest BCUT2D eigenvalue weighted by Crippen LogP contribution is 2.30. The third kappa shape index (κ3) is 2.00. The van der Waals surface area contributed by atoms with Crippen LogP contribution in [0.25, 0.3) is 0 Å². The van der Waals surface area contributed by atoms with Gasteiger partial charge in [0.15, 0.2) is 0 Å². The topological polar surface area (TPSA) is 80.1 Å². The number of nitro groups is 1. The molecule has 2 N–H and O–H groups in total. The highest BCUT2D eigenvalue weighted by atomic mass is 79.9. The highest BCUT2D eigenvalue weighted by Gasteiger charge is 2.21. The maximum atomic E-state index is 10.7. The molecule has 1 aromatic heterocycles. The summed E-state index contributed by atoms with van der Waals surface area (Å²) in [5, 5.41) is 17.0. The Morgan fingerprint density at radius 2 is 2.38 bits per heavy atom. The van der Waals surface area contributed by atoms with E-state index in [1.54, 1.807) is 6.92 Å². The first-order valence-corrected chi connectivity index (χ1v) is 5.65. The molecule has 1 aromatic rings. The van der Waals surface area contributed by atoms with Gasteiger partial charge in [0.05, 0.1) is 15.4 Å². The van der Waals surface area contributed by atoms with E-state index in [-0.39, 0.29) is 5.69 Å². The van der Waals surface area contributed by atoms with Gasteiger partial charge in [-0.1, -0.05) is 0 Å². The minimum atomic E-state index is -0.429. The Bertz CT molecular complexity index is 434. The second-order valence-electron chi connectivity index (χ2n) is 3.69. The van der Waals surface area contributed by atoms with E-state index in [0.717, 1.165) is 13.1 Å². The number of aromatic nitrogens is 1. The first-order valence-electron chi connectivity index (χ1n) is 4.86. The van der Waals surface area contributed by atoms with Crippen LogP contribution < -0.4 is 10.6 Å². The Balaban J connectivity index is 2.26. The number of anilines is 1. The summed E-state index contributed by atoms with van der Waals surface area (Å²) in [6.45, 7) is 3.49. The summed E-state index contributed by atoms with van der Waals surface area (Å²) in [5.74, 6) is 0.662. The van der Waals surface area contributed by atoms with Crippen LogP contribution in [0.1, 0.15) is 5.56 Å². The fourth-order valence-electron chi connectivity index (χ4n) is 1.44. The van der Waals surface area contributed by atoms with Crippen molar-refractivity contribution in [3.63, 3.8) is 0 Å². The lowest BCUT2D eigenvalue weighted by Crippen LogP contribution is -2.51. The van der Waals surface area contributed by atoms with Crippen LogP contribution in [0.15, 0.2) is 10.7 Å². The monoisotopic (exact) mass is 286 g/mol. The van der Waals surface area contributed by atoms with Crippen molar-refractivity contribution in [2.24, 2.45) is 0 Å². The van der Waals surface area contributed by atoms with Gasteiger partial charge in [-0.15, -0.1) is 0 Å². The van der Waals surface area contributed by atoms with Gasteiger partial charge in [0.25, 0.3) is 5.69 Å². The third-order valence-corrected chi connectivity index (χ3v) is 3.53. The summed E-state index contributed by atoms with van der Waals surface area (Å²) >= 11 is 3.33. The van der Waals surface area contributed by atoms with E-state index >= 15 is 0 Å². The molecular formula is C9H11BrN4O2. The molecule has 2 heterocycles. The molecule has 86 valence electrons. The summed E-state index contributed by atoms with van der Waals surface area (Å²) in [7, 11) is 0. The van der Waals surface area contributed by atoms with Crippen LogP contribution in [0, 0.1) is 17.0 Å². The molecule has 0 saturated carbocycles. The summed E-state index contributed by atoms with van der Waals surface area (Å²) in [5.41, 5.74) is 0.624. The minimum Gasteiger partial charge on any atom is -0.364 e. The average Bonchev–Trinajstić information content (AvgIpc) is 2.17. The fourth-order valence-corrected chi connectivity index (χ4v) is 1.86. The largest absolute Gasteiger partial charge is 0.364 e. The van der Waals surface area contributed by atoms with Crippen molar-refractivity contribution in [3.05, 3.63) is 26.3 Å². The van der Waals surface area contributed by atoms with E-state index in [0.29, 0.717) is 21.9 Å². The molecule has 0 spiro atoms. The first-order chi connectivity index (χ1) is 7.59. The fraction of sp³-hybridized carbons (Fsp3) is 0.444. The zero-order valence-corrected chi connectivity index (χ0v) is 10.2. The van der Waals surface area contributed by atoms with E-state index in [2.05, 4.69) is 31.5 Å². The molecule has 0 radical (unpaired) electrons. The Morgan fingerprint density at radius 3 is 2.88 bits per heavy atom. The minimum absolute atomic E-state index is 0.0316. The zero-order valence-electron chi connectivity index (χ0n) is 8.66. The van der Waals surface area contributed by atoms with Gasteiger partial charge in [-0.25, -0.2) is 4.98 Å². The van der Waals surface area contributed by atoms with Gasteiger partial charge < -0.3 is 10.6 Å². The molecule has 1 aliphatic rings. The quantitative estimate of drug-likeness (QED) is 0.649. The van der Waals surface area contributed by atoms with Crippen molar-refractivity contribution < 1.29 is 4.92 Å². The Labute approximate surface area is 101 Å². The summed E-state index contributed by atoms with van der Waals surface area (Å²) in [6, 6.07) is 0.352. The highest BCUT2D eigenvalue weighted by molar-refractivity contribution is 9.10. The van der Waals surface area contributed by atoms with E-state index in [1.807, 2.05) is 0 Å². The van der Waals surface area contributed by atoms with E-state index < -0.39 is 4.92 Å². The maximum Gasteiger partial charge on any atom is 0.291 e. The number of nitrogens with zero attached hydrogens (tertiary/aromatic N) is 2. The summed E-state index contributed by atoms with van der Waals surface area (Å²) in [4.78, 5) is 14.3. The molecule has 0 atom stereocenters. The van der Waals surface area contributed by atoms with Crippen molar-refractivity contribution in [3.8, 4) is 0 Å². The van der Waals surface area contributed by atoms with Crippen LogP contribution in [0.5, 0.6) is 0 Å². The van der Waals surface area contributed by atoms with Crippen LogP contribution in [0.2, 0.25) is 0 Å². The van der Waals surface area contributed by atoms with Crippen molar-refractivity contribution in [2.45, 2.75) is 13.0 Å². The molecule has 7 heteroatoms.